The fraction of sp³-hybridized carbons (Fsp3) is 0. The lowest BCUT2D eigenvalue weighted by Gasteiger charge is -2.08. The molecule has 2 N–H and O–H groups in total. The lowest BCUT2D eigenvalue weighted by atomic mass is 10.0. The first kappa shape index (κ1) is 10.9. The molecule has 0 amide bonds. The van der Waals surface area contributed by atoms with Crippen molar-refractivity contribution in [2.75, 3.05) is 5.73 Å². The van der Waals surface area contributed by atoms with Crippen molar-refractivity contribution in [2.24, 2.45) is 0 Å². The zero-order chi connectivity index (χ0) is 12.9. The highest BCUT2D eigenvalue weighted by molar-refractivity contribution is 6.00. The molecule has 3 aromatic carbocycles. The van der Waals surface area contributed by atoms with Crippen LogP contribution in [0.4, 0.5) is 18.9 Å². The van der Waals surface area contributed by atoms with Gasteiger partial charge < -0.3 is 5.73 Å². The monoisotopic (exact) mass is 247 g/mol. The van der Waals surface area contributed by atoms with Crippen molar-refractivity contribution in [3.63, 3.8) is 0 Å². The Morgan fingerprint density at radius 1 is 0.667 bits per heavy atom. The minimum Gasteiger partial charge on any atom is -0.399 e. The molecule has 0 heterocycles. The minimum absolute atomic E-state index is 0.0481. The summed E-state index contributed by atoms with van der Waals surface area (Å²) in [7, 11) is 0. The first-order valence-electron chi connectivity index (χ1n) is 5.33. The quantitative estimate of drug-likeness (QED) is 0.471. The third-order valence-electron chi connectivity index (χ3n) is 2.97. The molecule has 0 spiro atoms. The fourth-order valence-corrected chi connectivity index (χ4v) is 2.11. The lowest BCUT2D eigenvalue weighted by molar-refractivity contribution is 0.619. The van der Waals surface area contributed by atoms with Gasteiger partial charge in [0.05, 0.1) is 0 Å². The predicted octanol–water partition coefficient (Wildman–Crippen LogP) is 3.99. The van der Waals surface area contributed by atoms with Crippen molar-refractivity contribution < 1.29 is 13.2 Å². The zero-order valence-corrected chi connectivity index (χ0v) is 9.18. The van der Waals surface area contributed by atoms with Gasteiger partial charge in [0, 0.05) is 27.2 Å². The Bertz CT molecular complexity index is 713. The van der Waals surface area contributed by atoms with Gasteiger partial charge in [0.1, 0.15) is 17.5 Å². The molecule has 0 aliphatic heterocycles. The van der Waals surface area contributed by atoms with Crippen LogP contribution in [0.2, 0.25) is 0 Å². The second-order valence-electron chi connectivity index (χ2n) is 4.12. The summed E-state index contributed by atoms with van der Waals surface area (Å²) in [6.07, 6.45) is 0. The average Bonchev–Trinajstić information content (AvgIpc) is 2.36. The Labute approximate surface area is 101 Å². The molecule has 1 nitrogen and oxygen atoms in total. The number of hydrogen-bond donors (Lipinski definition) is 1. The summed E-state index contributed by atoms with van der Waals surface area (Å²) in [4.78, 5) is 0. The molecule has 4 heteroatoms. The van der Waals surface area contributed by atoms with Crippen molar-refractivity contribution in [2.45, 2.75) is 0 Å². The van der Waals surface area contributed by atoms with E-state index in [9.17, 15) is 13.2 Å². The highest BCUT2D eigenvalue weighted by Crippen LogP contribution is 2.32. The number of fused-ring (bicyclic) bond motifs is 2. The van der Waals surface area contributed by atoms with Crippen molar-refractivity contribution >= 4 is 27.2 Å². The Morgan fingerprint density at radius 3 is 1.89 bits per heavy atom. The summed E-state index contributed by atoms with van der Waals surface area (Å²) in [5.74, 6) is -1.83. The largest absolute Gasteiger partial charge is 0.399 e. The standard InChI is InChI=1S/C14H8F3N/c15-7-1-3-9-11(5-7)13(16)10-4-2-8(18)6-12(10)14(9)17/h1-6H,18H2. The Morgan fingerprint density at radius 2 is 1.22 bits per heavy atom. The molecule has 18 heavy (non-hydrogen) atoms. The average molecular weight is 247 g/mol. The third-order valence-corrected chi connectivity index (χ3v) is 2.97. The van der Waals surface area contributed by atoms with Gasteiger partial charge in [-0.2, -0.15) is 0 Å². The summed E-state index contributed by atoms with van der Waals surface area (Å²) in [6, 6.07) is 7.57. The summed E-state index contributed by atoms with van der Waals surface area (Å²) in [5.41, 5.74) is 5.91. The Hall–Kier alpha value is -2.23. The highest BCUT2D eigenvalue weighted by Gasteiger charge is 2.14. The number of benzene rings is 3. The number of hydrogen-bond acceptors (Lipinski definition) is 1. The van der Waals surface area contributed by atoms with Crippen LogP contribution >= 0.6 is 0 Å². The third kappa shape index (κ3) is 1.42. The van der Waals surface area contributed by atoms with Gasteiger partial charge in [-0.3, -0.25) is 0 Å². The van der Waals surface area contributed by atoms with Gasteiger partial charge in [-0.15, -0.1) is 0 Å². The maximum Gasteiger partial charge on any atom is 0.139 e. The van der Waals surface area contributed by atoms with E-state index in [2.05, 4.69) is 0 Å². The molecule has 0 atom stereocenters. The van der Waals surface area contributed by atoms with Gasteiger partial charge in [-0.25, -0.2) is 13.2 Å². The molecule has 3 rings (SSSR count). The first-order valence-corrected chi connectivity index (χ1v) is 5.33. The van der Waals surface area contributed by atoms with Crippen LogP contribution in [-0.2, 0) is 0 Å². The van der Waals surface area contributed by atoms with Crippen LogP contribution in [0, 0.1) is 17.5 Å². The van der Waals surface area contributed by atoms with Crippen LogP contribution < -0.4 is 5.73 Å². The normalized spacial score (nSPS) is 11.3. The maximum absolute atomic E-state index is 14.2. The number of halogens is 3. The lowest BCUT2D eigenvalue weighted by Crippen LogP contribution is -1.92. The molecule has 0 aromatic heterocycles. The zero-order valence-electron chi connectivity index (χ0n) is 9.18. The second kappa shape index (κ2) is 3.63. The predicted molar refractivity (Wildman–Crippen MR) is 65.7 cm³/mol. The van der Waals surface area contributed by atoms with Crippen LogP contribution in [0.1, 0.15) is 0 Å². The van der Waals surface area contributed by atoms with Gasteiger partial charge >= 0.3 is 0 Å². The minimum atomic E-state index is -0.638. The number of rotatable bonds is 0. The second-order valence-corrected chi connectivity index (χ2v) is 4.12. The summed E-state index contributed by atoms with van der Waals surface area (Å²) < 4.78 is 41.5. The van der Waals surface area contributed by atoms with E-state index in [-0.39, 0.29) is 21.5 Å². The molecule has 0 saturated heterocycles. The van der Waals surface area contributed by atoms with Crippen molar-refractivity contribution in [1.82, 2.24) is 0 Å². The Balaban J connectivity index is 2.60. The SMILES string of the molecule is Nc1ccc2c(F)c3cc(F)ccc3c(F)c2c1. The van der Waals surface area contributed by atoms with Gasteiger partial charge in [0.15, 0.2) is 0 Å². The molecule has 0 aliphatic rings. The van der Waals surface area contributed by atoms with Crippen LogP contribution in [0.15, 0.2) is 36.4 Å². The van der Waals surface area contributed by atoms with E-state index in [0.717, 1.165) is 12.1 Å². The summed E-state index contributed by atoms with van der Waals surface area (Å²) in [5, 5.41) is 0.183. The molecular formula is C14H8F3N. The summed E-state index contributed by atoms with van der Waals surface area (Å²) >= 11 is 0. The molecule has 0 bridgehead atoms. The van der Waals surface area contributed by atoms with Crippen molar-refractivity contribution in [1.29, 1.82) is 0 Å². The summed E-state index contributed by atoms with van der Waals surface area (Å²) in [6.45, 7) is 0. The fourth-order valence-electron chi connectivity index (χ4n) is 2.11. The van der Waals surface area contributed by atoms with Gasteiger partial charge in [-0.05, 0) is 36.4 Å². The van der Waals surface area contributed by atoms with Crippen LogP contribution in [0.25, 0.3) is 21.5 Å². The van der Waals surface area contributed by atoms with Gasteiger partial charge in [0.2, 0.25) is 0 Å². The molecule has 0 unspecified atom stereocenters. The topological polar surface area (TPSA) is 26.0 Å². The molecule has 90 valence electrons. The van der Waals surface area contributed by atoms with E-state index >= 15 is 0 Å². The molecule has 3 aromatic rings. The highest BCUT2D eigenvalue weighted by atomic mass is 19.1. The van der Waals surface area contributed by atoms with Crippen LogP contribution in [0.3, 0.4) is 0 Å². The Kier molecular flexibility index (Phi) is 2.20. The first-order chi connectivity index (χ1) is 8.58. The molecular weight excluding hydrogens is 239 g/mol. The van der Waals surface area contributed by atoms with Crippen molar-refractivity contribution in [3.8, 4) is 0 Å². The van der Waals surface area contributed by atoms with E-state index in [1.165, 1.54) is 24.3 Å². The maximum atomic E-state index is 14.2. The van der Waals surface area contributed by atoms with E-state index in [4.69, 9.17) is 5.73 Å². The van der Waals surface area contributed by atoms with E-state index < -0.39 is 17.5 Å². The van der Waals surface area contributed by atoms with Gasteiger partial charge in [0.25, 0.3) is 0 Å². The number of anilines is 1. The number of nitrogens with two attached hydrogens (primary N) is 1. The van der Waals surface area contributed by atoms with E-state index in [1.807, 2.05) is 0 Å². The van der Waals surface area contributed by atoms with Crippen LogP contribution in [-0.4, -0.2) is 0 Å². The van der Waals surface area contributed by atoms with E-state index in [1.54, 1.807) is 0 Å². The van der Waals surface area contributed by atoms with Crippen LogP contribution in [0.5, 0.6) is 0 Å². The smallest absolute Gasteiger partial charge is 0.139 e. The molecule has 0 fully saturated rings. The van der Waals surface area contributed by atoms with Crippen molar-refractivity contribution in [3.05, 3.63) is 53.8 Å². The van der Waals surface area contributed by atoms with E-state index in [0.29, 0.717) is 5.69 Å². The number of nitrogen functional groups attached to an aromatic ring is 1. The molecule has 0 saturated carbocycles. The molecule has 0 radical (unpaired) electrons. The van der Waals surface area contributed by atoms with Gasteiger partial charge in [-0.1, -0.05) is 0 Å². The molecule has 0 aliphatic carbocycles.